The summed E-state index contributed by atoms with van der Waals surface area (Å²) in [4.78, 5) is 23.5. The minimum Gasteiger partial charge on any atom is -0.497 e. The van der Waals surface area contributed by atoms with Crippen LogP contribution in [0.4, 0.5) is 10.1 Å². The molecule has 26 heavy (non-hydrogen) atoms. The summed E-state index contributed by atoms with van der Waals surface area (Å²) in [6.07, 6.45) is 0. The molecule has 2 aromatic rings. The van der Waals surface area contributed by atoms with E-state index in [1.54, 1.807) is 18.2 Å². The second-order valence-corrected chi connectivity index (χ2v) is 5.02. The minimum atomic E-state index is -0.762. The molecule has 0 spiro atoms. The first-order valence-corrected chi connectivity index (χ1v) is 7.57. The van der Waals surface area contributed by atoms with E-state index in [9.17, 15) is 14.0 Å². The van der Waals surface area contributed by atoms with Crippen molar-refractivity contribution in [2.75, 3.05) is 32.8 Å². The number of rotatable bonds is 8. The third-order valence-corrected chi connectivity index (χ3v) is 3.20. The van der Waals surface area contributed by atoms with E-state index in [1.807, 2.05) is 0 Å². The van der Waals surface area contributed by atoms with Crippen LogP contribution < -0.4 is 19.5 Å². The third kappa shape index (κ3) is 5.66. The highest BCUT2D eigenvalue weighted by molar-refractivity contribution is 5.94. The maximum Gasteiger partial charge on any atom is 0.344 e. The average molecular weight is 363 g/mol. The van der Waals surface area contributed by atoms with E-state index in [0.717, 1.165) is 6.07 Å². The zero-order chi connectivity index (χ0) is 18.9. The van der Waals surface area contributed by atoms with Gasteiger partial charge in [0.05, 0.1) is 19.9 Å². The summed E-state index contributed by atoms with van der Waals surface area (Å²) in [5.41, 5.74) is 0.379. The van der Waals surface area contributed by atoms with Gasteiger partial charge in [-0.25, -0.2) is 9.18 Å². The highest BCUT2D eigenvalue weighted by Crippen LogP contribution is 2.28. The lowest BCUT2D eigenvalue weighted by molar-refractivity contribution is -0.149. The predicted octanol–water partition coefficient (Wildman–Crippen LogP) is 2.40. The van der Waals surface area contributed by atoms with Crippen molar-refractivity contribution in [3.05, 3.63) is 48.3 Å². The van der Waals surface area contributed by atoms with Crippen LogP contribution in [0.3, 0.4) is 0 Å². The normalized spacial score (nSPS) is 9.96. The van der Waals surface area contributed by atoms with Gasteiger partial charge in [-0.05, 0) is 24.3 Å². The lowest BCUT2D eigenvalue weighted by Gasteiger charge is -2.12. The van der Waals surface area contributed by atoms with Gasteiger partial charge in [-0.3, -0.25) is 4.79 Å². The first-order valence-electron chi connectivity index (χ1n) is 7.57. The number of esters is 1. The molecular weight excluding hydrogens is 345 g/mol. The Hall–Kier alpha value is -3.29. The smallest absolute Gasteiger partial charge is 0.344 e. The van der Waals surface area contributed by atoms with Crippen LogP contribution in [-0.2, 0) is 14.3 Å². The zero-order valence-electron chi connectivity index (χ0n) is 14.3. The van der Waals surface area contributed by atoms with E-state index in [-0.39, 0.29) is 5.75 Å². The van der Waals surface area contributed by atoms with E-state index < -0.39 is 30.9 Å². The van der Waals surface area contributed by atoms with Crippen LogP contribution in [-0.4, -0.2) is 39.3 Å². The maximum atomic E-state index is 13.0. The molecule has 2 aromatic carbocycles. The number of anilines is 1. The largest absolute Gasteiger partial charge is 0.497 e. The van der Waals surface area contributed by atoms with Crippen molar-refractivity contribution in [3.8, 4) is 17.2 Å². The molecule has 0 aliphatic carbocycles. The van der Waals surface area contributed by atoms with Gasteiger partial charge in [-0.2, -0.15) is 0 Å². The first-order chi connectivity index (χ1) is 12.5. The van der Waals surface area contributed by atoms with Crippen LogP contribution in [0.5, 0.6) is 17.2 Å². The molecule has 0 bridgehead atoms. The maximum absolute atomic E-state index is 13.0. The Kier molecular flexibility index (Phi) is 6.78. The number of hydrogen-bond donors (Lipinski definition) is 1. The lowest BCUT2D eigenvalue weighted by Crippen LogP contribution is -2.23. The third-order valence-electron chi connectivity index (χ3n) is 3.20. The summed E-state index contributed by atoms with van der Waals surface area (Å²) in [7, 11) is 2.95. The van der Waals surface area contributed by atoms with Crippen molar-refractivity contribution < 1.29 is 32.9 Å². The van der Waals surface area contributed by atoms with Gasteiger partial charge in [0.1, 0.15) is 23.1 Å². The monoisotopic (exact) mass is 363 g/mol. The number of carbonyl (C=O) groups excluding carboxylic acids is 2. The van der Waals surface area contributed by atoms with Gasteiger partial charge in [-0.1, -0.05) is 6.07 Å². The molecule has 0 fully saturated rings. The second-order valence-electron chi connectivity index (χ2n) is 5.02. The standard InChI is InChI=1S/C18H18FNO6/c1-23-13-6-7-16(24-2)15(9-13)20-17(21)10-26-18(22)11-25-14-5-3-4-12(19)8-14/h3-9H,10-11H2,1-2H3,(H,20,21). The highest BCUT2D eigenvalue weighted by Gasteiger charge is 2.12. The topological polar surface area (TPSA) is 83.1 Å². The Morgan fingerprint density at radius 1 is 1.00 bits per heavy atom. The van der Waals surface area contributed by atoms with Crippen LogP contribution >= 0.6 is 0 Å². The molecule has 0 aliphatic heterocycles. The molecule has 1 amide bonds. The molecule has 0 saturated heterocycles. The van der Waals surface area contributed by atoms with Gasteiger partial charge < -0.3 is 24.3 Å². The molecule has 0 radical (unpaired) electrons. The summed E-state index contributed by atoms with van der Waals surface area (Å²) < 4.78 is 33.1. The first kappa shape index (κ1) is 19.0. The number of hydrogen-bond acceptors (Lipinski definition) is 6. The van der Waals surface area contributed by atoms with Gasteiger partial charge in [-0.15, -0.1) is 0 Å². The van der Waals surface area contributed by atoms with Crippen LogP contribution in [0.2, 0.25) is 0 Å². The second kappa shape index (κ2) is 9.26. The van der Waals surface area contributed by atoms with E-state index in [2.05, 4.69) is 5.32 Å². The predicted molar refractivity (Wildman–Crippen MR) is 91.0 cm³/mol. The van der Waals surface area contributed by atoms with Crippen molar-refractivity contribution in [2.45, 2.75) is 0 Å². The highest BCUT2D eigenvalue weighted by atomic mass is 19.1. The lowest BCUT2D eigenvalue weighted by atomic mass is 10.2. The van der Waals surface area contributed by atoms with Crippen molar-refractivity contribution in [1.29, 1.82) is 0 Å². The van der Waals surface area contributed by atoms with Crippen LogP contribution in [0.25, 0.3) is 0 Å². The molecule has 0 aliphatic rings. The van der Waals surface area contributed by atoms with Crippen LogP contribution in [0.15, 0.2) is 42.5 Å². The van der Waals surface area contributed by atoms with Gasteiger partial charge in [0.2, 0.25) is 0 Å². The number of ether oxygens (including phenoxy) is 4. The minimum absolute atomic E-state index is 0.188. The molecule has 0 aromatic heterocycles. The molecule has 0 unspecified atom stereocenters. The Bertz CT molecular complexity index is 780. The van der Waals surface area contributed by atoms with Gasteiger partial charge in [0, 0.05) is 12.1 Å². The number of carbonyl (C=O) groups is 2. The summed E-state index contributed by atoms with van der Waals surface area (Å²) in [6.45, 7) is -0.953. The quantitative estimate of drug-likeness (QED) is 0.725. The molecule has 1 N–H and O–H groups in total. The Balaban J connectivity index is 1.82. The molecule has 8 heteroatoms. The molecule has 2 rings (SSSR count). The molecular formula is C18H18FNO6. The number of amides is 1. The molecule has 0 atom stereocenters. The van der Waals surface area contributed by atoms with E-state index in [0.29, 0.717) is 17.2 Å². The van der Waals surface area contributed by atoms with Crippen molar-refractivity contribution in [1.82, 2.24) is 0 Å². The fourth-order valence-electron chi connectivity index (χ4n) is 1.98. The van der Waals surface area contributed by atoms with Crippen LogP contribution in [0, 0.1) is 5.82 Å². The number of methoxy groups -OCH3 is 2. The Morgan fingerprint density at radius 3 is 2.50 bits per heavy atom. The van der Waals surface area contributed by atoms with E-state index in [1.165, 1.54) is 32.4 Å². The van der Waals surface area contributed by atoms with Crippen molar-refractivity contribution in [3.63, 3.8) is 0 Å². The number of halogens is 1. The van der Waals surface area contributed by atoms with Gasteiger partial charge in [0.25, 0.3) is 5.91 Å². The molecule has 0 heterocycles. The number of benzene rings is 2. The van der Waals surface area contributed by atoms with E-state index in [4.69, 9.17) is 18.9 Å². The average Bonchev–Trinajstić information content (AvgIpc) is 2.64. The summed E-state index contributed by atoms with van der Waals surface area (Å²) >= 11 is 0. The van der Waals surface area contributed by atoms with Gasteiger partial charge >= 0.3 is 5.97 Å². The zero-order valence-corrected chi connectivity index (χ0v) is 14.3. The Morgan fingerprint density at radius 2 is 1.81 bits per heavy atom. The summed E-state index contributed by atoms with van der Waals surface area (Å²) in [6, 6.07) is 10.2. The van der Waals surface area contributed by atoms with Crippen molar-refractivity contribution >= 4 is 17.6 Å². The van der Waals surface area contributed by atoms with Crippen LogP contribution in [0.1, 0.15) is 0 Å². The number of nitrogens with one attached hydrogen (secondary N) is 1. The molecule has 0 saturated carbocycles. The van der Waals surface area contributed by atoms with Crippen molar-refractivity contribution in [2.24, 2.45) is 0 Å². The Labute approximate surface area is 149 Å². The molecule has 138 valence electrons. The summed E-state index contributed by atoms with van der Waals surface area (Å²) in [5.74, 6) is -0.658. The fraction of sp³-hybridized carbons (Fsp3) is 0.222. The fourth-order valence-corrected chi connectivity index (χ4v) is 1.98. The van der Waals surface area contributed by atoms with E-state index >= 15 is 0 Å². The summed E-state index contributed by atoms with van der Waals surface area (Å²) in [5, 5.41) is 2.56. The molecule has 7 nitrogen and oxygen atoms in total. The SMILES string of the molecule is COc1ccc(OC)c(NC(=O)COC(=O)COc2cccc(F)c2)c1. The van der Waals surface area contributed by atoms with Gasteiger partial charge in [0.15, 0.2) is 13.2 Å².